The minimum Gasteiger partial charge on any atom is -0.369 e. The van der Waals surface area contributed by atoms with Gasteiger partial charge >= 0.3 is 6.18 Å². The van der Waals surface area contributed by atoms with Gasteiger partial charge in [0.2, 0.25) is 5.91 Å². The number of benzene rings is 1. The van der Waals surface area contributed by atoms with Crippen LogP contribution in [0.5, 0.6) is 0 Å². The molecule has 0 fully saturated rings. The Balaban J connectivity index is 2.52. The number of nitrogens with two attached hydrogens (primary N) is 1. The molecule has 1 heterocycles. The molecule has 0 unspecified atom stereocenters. The average molecular weight is 280 g/mol. The molecule has 2 rings (SSSR count). The first kappa shape index (κ1) is 14.0. The van der Waals surface area contributed by atoms with E-state index in [2.05, 4.69) is 4.98 Å². The molecule has 0 bridgehead atoms. The van der Waals surface area contributed by atoms with Crippen molar-refractivity contribution in [2.24, 2.45) is 5.73 Å². The summed E-state index contributed by atoms with van der Waals surface area (Å²) in [7, 11) is 0. The molecule has 1 aromatic heterocycles. The highest BCUT2D eigenvalue weighted by molar-refractivity contribution is 5.77. The van der Waals surface area contributed by atoms with E-state index in [1.165, 1.54) is 24.5 Å². The Labute approximate surface area is 113 Å². The zero-order chi connectivity index (χ0) is 14.8. The Morgan fingerprint density at radius 1 is 1.10 bits per heavy atom. The molecule has 0 spiro atoms. The molecular weight excluding hydrogens is 269 g/mol. The number of pyridine rings is 1. The Bertz CT molecular complexity index is 624. The Morgan fingerprint density at radius 2 is 1.75 bits per heavy atom. The lowest BCUT2D eigenvalue weighted by atomic mass is 9.97. The summed E-state index contributed by atoms with van der Waals surface area (Å²) in [6, 6.07) is 7.06. The molecule has 6 heteroatoms. The maximum atomic E-state index is 13.0. The summed E-state index contributed by atoms with van der Waals surface area (Å²) in [5.41, 5.74) is 5.04. The zero-order valence-corrected chi connectivity index (χ0v) is 10.3. The van der Waals surface area contributed by atoms with Gasteiger partial charge in [0.25, 0.3) is 0 Å². The van der Waals surface area contributed by atoms with Crippen LogP contribution in [0.25, 0.3) is 11.1 Å². The minimum atomic E-state index is -4.53. The zero-order valence-electron chi connectivity index (χ0n) is 10.3. The van der Waals surface area contributed by atoms with E-state index in [0.29, 0.717) is 11.1 Å². The maximum absolute atomic E-state index is 13.0. The third-order valence-electron chi connectivity index (χ3n) is 2.79. The smallest absolute Gasteiger partial charge is 0.369 e. The van der Waals surface area contributed by atoms with E-state index >= 15 is 0 Å². The van der Waals surface area contributed by atoms with Crippen LogP contribution in [0.2, 0.25) is 0 Å². The molecule has 0 aliphatic heterocycles. The quantitative estimate of drug-likeness (QED) is 0.939. The number of carbonyl (C=O) groups excluding carboxylic acids is 1. The molecular formula is C14H11F3N2O. The first-order valence-corrected chi connectivity index (χ1v) is 5.77. The second-order valence-electron chi connectivity index (χ2n) is 4.25. The number of carbonyl (C=O) groups is 1. The summed E-state index contributed by atoms with van der Waals surface area (Å²) >= 11 is 0. The average Bonchev–Trinajstić information content (AvgIpc) is 2.38. The normalized spacial score (nSPS) is 11.3. The van der Waals surface area contributed by atoms with Gasteiger partial charge in [-0.2, -0.15) is 13.2 Å². The van der Waals surface area contributed by atoms with E-state index in [1.54, 1.807) is 12.1 Å². The van der Waals surface area contributed by atoms with Crippen LogP contribution in [0.15, 0.2) is 42.7 Å². The highest BCUT2D eigenvalue weighted by atomic mass is 19.4. The van der Waals surface area contributed by atoms with Gasteiger partial charge in [-0.25, -0.2) is 0 Å². The largest absolute Gasteiger partial charge is 0.416 e. The molecule has 0 saturated heterocycles. The molecule has 1 amide bonds. The number of rotatable bonds is 3. The van der Waals surface area contributed by atoms with Crippen LogP contribution in [-0.4, -0.2) is 10.9 Å². The van der Waals surface area contributed by atoms with Crippen LogP contribution in [0.3, 0.4) is 0 Å². The van der Waals surface area contributed by atoms with Crippen molar-refractivity contribution in [1.82, 2.24) is 4.98 Å². The minimum absolute atomic E-state index is 0.122. The number of nitrogens with zero attached hydrogens (tertiary/aromatic N) is 1. The van der Waals surface area contributed by atoms with Crippen molar-refractivity contribution in [2.75, 3.05) is 0 Å². The lowest BCUT2D eigenvalue weighted by Crippen LogP contribution is -2.17. The Hall–Kier alpha value is -2.37. The molecule has 0 radical (unpaired) electrons. The van der Waals surface area contributed by atoms with E-state index in [-0.39, 0.29) is 5.56 Å². The fraction of sp³-hybridized carbons (Fsp3) is 0.143. The van der Waals surface area contributed by atoms with Crippen molar-refractivity contribution >= 4 is 5.91 Å². The predicted molar refractivity (Wildman–Crippen MR) is 67.6 cm³/mol. The van der Waals surface area contributed by atoms with E-state index in [9.17, 15) is 18.0 Å². The molecule has 0 aliphatic rings. The van der Waals surface area contributed by atoms with Crippen molar-refractivity contribution in [3.63, 3.8) is 0 Å². The summed E-state index contributed by atoms with van der Waals surface area (Å²) in [5, 5.41) is 0. The molecule has 20 heavy (non-hydrogen) atoms. The maximum Gasteiger partial charge on any atom is 0.416 e. The molecule has 0 aliphatic carbocycles. The number of aromatic nitrogens is 1. The van der Waals surface area contributed by atoms with E-state index in [1.807, 2.05) is 0 Å². The Morgan fingerprint density at radius 3 is 2.30 bits per heavy atom. The van der Waals surface area contributed by atoms with Crippen LogP contribution in [-0.2, 0) is 17.4 Å². The van der Waals surface area contributed by atoms with Crippen molar-refractivity contribution in [2.45, 2.75) is 12.6 Å². The first-order valence-electron chi connectivity index (χ1n) is 5.77. The topological polar surface area (TPSA) is 56.0 Å². The number of alkyl halides is 3. The highest BCUT2D eigenvalue weighted by Crippen LogP contribution is 2.35. The number of halogens is 3. The van der Waals surface area contributed by atoms with Gasteiger partial charge < -0.3 is 5.73 Å². The van der Waals surface area contributed by atoms with Crippen LogP contribution in [0.1, 0.15) is 11.1 Å². The number of primary amides is 1. The van der Waals surface area contributed by atoms with E-state index < -0.39 is 24.1 Å². The summed E-state index contributed by atoms with van der Waals surface area (Å²) in [5.74, 6) is -0.799. The van der Waals surface area contributed by atoms with Crippen LogP contribution >= 0.6 is 0 Å². The van der Waals surface area contributed by atoms with Crippen molar-refractivity contribution in [3.8, 4) is 11.1 Å². The first-order chi connectivity index (χ1) is 9.38. The highest BCUT2D eigenvalue weighted by Gasteiger charge is 2.33. The fourth-order valence-corrected chi connectivity index (χ4v) is 1.91. The standard InChI is InChI=1S/C14H11F3N2O/c15-14(16,17)12-7-10(9-3-5-19-6-4-9)1-2-11(12)8-13(18)20/h1-7H,8H2,(H2,18,20). The third-order valence-corrected chi connectivity index (χ3v) is 2.79. The molecule has 0 atom stereocenters. The van der Waals surface area contributed by atoms with Gasteiger partial charge in [0.1, 0.15) is 0 Å². The monoisotopic (exact) mass is 280 g/mol. The van der Waals surface area contributed by atoms with Gasteiger partial charge in [0.15, 0.2) is 0 Å². The number of hydrogen-bond acceptors (Lipinski definition) is 2. The van der Waals surface area contributed by atoms with E-state index in [4.69, 9.17) is 5.73 Å². The third kappa shape index (κ3) is 3.14. The lowest BCUT2D eigenvalue weighted by molar-refractivity contribution is -0.138. The van der Waals surface area contributed by atoms with Gasteiger partial charge in [-0.05, 0) is 34.9 Å². The summed E-state index contributed by atoms with van der Waals surface area (Å²) in [4.78, 5) is 14.7. The second kappa shape index (κ2) is 5.32. The van der Waals surface area contributed by atoms with Gasteiger partial charge in [-0.15, -0.1) is 0 Å². The number of amides is 1. The molecule has 3 nitrogen and oxygen atoms in total. The van der Waals surface area contributed by atoms with Crippen LogP contribution in [0, 0.1) is 0 Å². The molecule has 104 valence electrons. The summed E-state index contributed by atoms with van der Waals surface area (Å²) in [6.07, 6.45) is -1.97. The van der Waals surface area contributed by atoms with Crippen LogP contribution in [0.4, 0.5) is 13.2 Å². The lowest BCUT2D eigenvalue weighted by Gasteiger charge is -2.14. The summed E-state index contributed by atoms with van der Waals surface area (Å²) < 4.78 is 39.1. The van der Waals surface area contributed by atoms with Gasteiger partial charge in [0.05, 0.1) is 12.0 Å². The van der Waals surface area contributed by atoms with Gasteiger partial charge in [0, 0.05) is 12.4 Å². The molecule has 2 aromatic rings. The van der Waals surface area contributed by atoms with E-state index in [0.717, 1.165) is 6.07 Å². The van der Waals surface area contributed by atoms with Crippen molar-refractivity contribution in [3.05, 3.63) is 53.9 Å². The summed E-state index contributed by atoms with van der Waals surface area (Å²) in [6.45, 7) is 0. The van der Waals surface area contributed by atoms with Crippen LogP contribution < -0.4 is 5.73 Å². The van der Waals surface area contributed by atoms with Gasteiger partial charge in [-0.1, -0.05) is 12.1 Å². The SMILES string of the molecule is NC(=O)Cc1ccc(-c2ccncc2)cc1C(F)(F)F. The van der Waals surface area contributed by atoms with Crippen molar-refractivity contribution in [1.29, 1.82) is 0 Å². The molecule has 2 N–H and O–H groups in total. The van der Waals surface area contributed by atoms with Gasteiger partial charge in [-0.3, -0.25) is 9.78 Å². The Kier molecular flexibility index (Phi) is 3.74. The predicted octanol–water partition coefficient (Wildman–Crippen LogP) is 2.80. The second-order valence-corrected chi connectivity index (χ2v) is 4.25. The van der Waals surface area contributed by atoms with Crippen molar-refractivity contribution < 1.29 is 18.0 Å². The fourth-order valence-electron chi connectivity index (χ4n) is 1.91. The number of hydrogen-bond donors (Lipinski definition) is 1. The molecule has 1 aromatic carbocycles. The molecule has 0 saturated carbocycles.